The lowest BCUT2D eigenvalue weighted by Crippen LogP contribution is -2.29. The maximum atomic E-state index is 12.5. The van der Waals surface area contributed by atoms with Crippen LogP contribution in [0.2, 0.25) is 0 Å². The first-order valence-electron chi connectivity index (χ1n) is 7.55. The second kappa shape index (κ2) is 8.26. The molecule has 0 radical (unpaired) electrons. The second-order valence-corrected chi connectivity index (χ2v) is 7.50. The van der Waals surface area contributed by atoms with E-state index in [-0.39, 0.29) is 24.3 Å². The Labute approximate surface area is 144 Å². The molecule has 1 unspecified atom stereocenters. The third-order valence-corrected chi connectivity index (χ3v) is 5.63. The van der Waals surface area contributed by atoms with Crippen LogP contribution in [0.5, 0.6) is 0 Å². The van der Waals surface area contributed by atoms with Crippen molar-refractivity contribution >= 4 is 34.6 Å². The molecule has 2 heterocycles. The highest BCUT2D eigenvalue weighted by atomic mass is 32.1. The second-order valence-electron chi connectivity index (χ2n) is 5.26. The first-order chi connectivity index (χ1) is 11.0. The molecule has 0 aliphatic heterocycles. The van der Waals surface area contributed by atoms with Crippen molar-refractivity contribution in [1.29, 1.82) is 0 Å². The fourth-order valence-corrected chi connectivity index (χ4v) is 4.09. The Kier molecular flexibility index (Phi) is 6.36. The fourth-order valence-electron chi connectivity index (χ4n) is 2.34. The van der Waals surface area contributed by atoms with Gasteiger partial charge in [-0.15, -0.1) is 22.7 Å². The average Bonchev–Trinajstić information content (AvgIpc) is 3.17. The fraction of sp³-hybridized carbons (Fsp3) is 0.412. The molecule has 0 aliphatic rings. The standard InChI is InChI=1S/C17H21NO3S2/c1-4-6-12-9-15(23-11(12)2)17(20)18-13(10-16(19)21-3)14-7-5-8-22-14/h5,7-9,13H,4,6,10H2,1-3H3,(H,18,20). The van der Waals surface area contributed by atoms with Crippen LogP contribution in [-0.4, -0.2) is 19.0 Å². The van der Waals surface area contributed by atoms with E-state index in [0.29, 0.717) is 4.88 Å². The van der Waals surface area contributed by atoms with E-state index < -0.39 is 0 Å². The number of esters is 1. The Balaban J connectivity index is 2.13. The molecule has 1 amide bonds. The molecule has 2 aromatic rings. The smallest absolute Gasteiger partial charge is 0.307 e. The van der Waals surface area contributed by atoms with E-state index in [1.807, 2.05) is 30.5 Å². The third kappa shape index (κ3) is 4.65. The molecule has 124 valence electrons. The highest BCUT2D eigenvalue weighted by molar-refractivity contribution is 7.14. The van der Waals surface area contributed by atoms with Crippen LogP contribution in [0.1, 0.15) is 50.8 Å². The van der Waals surface area contributed by atoms with Gasteiger partial charge in [-0.3, -0.25) is 9.59 Å². The van der Waals surface area contributed by atoms with Gasteiger partial charge in [0.15, 0.2) is 0 Å². The number of thiophene rings is 2. The maximum Gasteiger partial charge on any atom is 0.307 e. The number of hydrogen-bond acceptors (Lipinski definition) is 5. The molecule has 0 aromatic carbocycles. The minimum absolute atomic E-state index is 0.134. The maximum absolute atomic E-state index is 12.5. The molecule has 2 rings (SSSR count). The lowest BCUT2D eigenvalue weighted by Gasteiger charge is -2.15. The third-order valence-electron chi connectivity index (χ3n) is 3.55. The molecule has 1 N–H and O–H groups in total. The molecule has 1 atom stereocenters. The number of carbonyl (C=O) groups is 2. The largest absolute Gasteiger partial charge is 0.469 e. The molecular formula is C17H21NO3S2. The topological polar surface area (TPSA) is 55.4 Å². The highest BCUT2D eigenvalue weighted by Crippen LogP contribution is 2.26. The van der Waals surface area contributed by atoms with E-state index in [0.717, 1.165) is 17.7 Å². The van der Waals surface area contributed by atoms with Crippen LogP contribution in [0.3, 0.4) is 0 Å². The molecule has 6 heteroatoms. The van der Waals surface area contributed by atoms with E-state index in [1.165, 1.54) is 40.2 Å². The summed E-state index contributed by atoms with van der Waals surface area (Å²) in [6, 6.07) is 5.43. The van der Waals surface area contributed by atoms with E-state index in [2.05, 4.69) is 12.2 Å². The van der Waals surface area contributed by atoms with Crippen molar-refractivity contribution in [2.75, 3.05) is 7.11 Å². The van der Waals surface area contributed by atoms with Gasteiger partial charge in [-0.2, -0.15) is 0 Å². The molecule has 2 aromatic heterocycles. The summed E-state index contributed by atoms with van der Waals surface area (Å²) in [5.41, 5.74) is 1.23. The molecule has 0 saturated carbocycles. The first kappa shape index (κ1) is 17.7. The molecule has 0 aliphatic carbocycles. The van der Waals surface area contributed by atoms with Gasteiger partial charge in [0.1, 0.15) is 0 Å². The van der Waals surface area contributed by atoms with Gasteiger partial charge in [0.05, 0.1) is 24.4 Å². The van der Waals surface area contributed by atoms with Crippen molar-refractivity contribution < 1.29 is 14.3 Å². The van der Waals surface area contributed by atoms with Gasteiger partial charge < -0.3 is 10.1 Å². The van der Waals surface area contributed by atoms with Crippen LogP contribution >= 0.6 is 22.7 Å². The number of aryl methyl sites for hydroxylation is 2. The Morgan fingerprint density at radius 1 is 1.39 bits per heavy atom. The van der Waals surface area contributed by atoms with Gasteiger partial charge >= 0.3 is 5.97 Å². The Bertz CT molecular complexity index is 661. The predicted octanol–water partition coefficient (Wildman–Crippen LogP) is 4.10. The summed E-state index contributed by atoms with van der Waals surface area (Å²) in [5, 5.41) is 4.90. The summed E-state index contributed by atoms with van der Waals surface area (Å²) >= 11 is 3.02. The molecule has 23 heavy (non-hydrogen) atoms. The van der Waals surface area contributed by atoms with Crippen molar-refractivity contribution in [2.45, 2.75) is 39.2 Å². The summed E-state index contributed by atoms with van der Waals surface area (Å²) in [4.78, 5) is 27.0. The lowest BCUT2D eigenvalue weighted by molar-refractivity contribution is -0.141. The molecule has 0 fully saturated rings. The molecule has 0 saturated heterocycles. The number of methoxy groups -OCH3 is 1. The lowest BCUT2D eigenvalue weighted by atomic mass is 10.1. The normalized spacial score (nSPS) is 12.0. The number of nitrogens with one attached hydrogen (secondary N) is 1. The van der Waals surface area contributed by atoms with Gasteiger partial charge in [-0.1, -0.05) is 19.4 Å². The van der Waals surface area contributed by atoms with Crippen LogP contribution in [0.25, 0.3) is 0 Å². The summed E-state index contributed by atoms with van der Waals surface area (Å²) in [6.07, 6.45) is 2.17. The minimum Gasteiger partial charge on any atom is -0.469 e. The van der Waals surface area contributed by atoms with E-state index in [4.69, 9.17) is 4.74 Å². The van der Waals surface area contributed by atoms with Crippen LogP contribution < -0.4 is 5.32 Å². The average molecular weight is 351 g/mol. The summed E-state index contributed by atoms with van der Waals surface area (Å²) in [6.45, 7) is 4.16. The number of carbonyl (C=O) groups excluding carboxylic acids is 2. The van der Waals surface area contributed by atoms with E-state index >= 15 is 0 Å². The summed E-state index contributed by atoms with van der Waals surface area (Å²) < 4.78 is 4.74. The van der Waals surface area contributed by atoms with Crippen molar-refractivity contribution in [1.82, 2.24) is 5.32 Å². The minimum atomic E-state index is -0.355. The van der Waals surface area contributed by atoms with Crippen molar-refractivity contribution in [2.24, 2.45) is 0 Å². The first-order valence-corrected chi connectivity index (χ1v) is 9.25. The number of rotatable bonds is 7. The van der Waals surface area contributed by atoms with Crippen molar-refractivity contribution in [3.63, 3.8) is 0 Å². The van der Waals surface area contributed by atoms with Crippen molar-refractivity contribution in [3.8, 4) is 0 Å². The molecule has 0 bridgehead atoms. The Morgan fingerprint density at radius 2 is 2.17 bits per heavy atom. The zero-order chi connectivity index (χ0) is 16.8. The van der Waals surface area contributed by atoms with E-state index in [9.17, 15) is 9.59 Å². The van der Waals surface area contributed by atoms with Gasteiger partial charge in [-0.05, 0) is 36.4 Å². The number of amides is 1. The molecule has 4 nitrogen and oxygen atoms in total. The Morgan fingerprint density at radius 3 is 2.78 bits per heavy atom. The zero-order valence-electron chi connectivity index (χ0n) is 13.5. The molecule has 0 spiro atoms. The van der Waals surface area contributed by atoms with Crippen LogP contribution in [0.15, 0.2) is 23.6 Å². The quantitative estimate of drug-likeness (QED) is 0.764. The van der Waals surface area contributed by atoms with Gasteiger partial charge in [0.2, 0.25) is 0 Å². The van der Waals surface area contributed by atoms with Crippen LogP contribution in [-0.2, 0) is 16.0 Å². The molecular weight excluding hydrogens is 330 g/mol. The van der Waals surface area contributed by atoms with Crippen LogP contribution in [0.4, 0.5) is 0 Å². The number of ether oxygens (including phenoxy) is 1. The summed E-state index contributed by atoms with van der Waals surface area (Å²) in [5.74, 6) is -0.472. The van der Waals surface area contributed by atoms with Gasteiger partial charge in [0, 0.05) is 9.75 Å². The Hall–Kier alpha value is -1.66. The zero-order valence-corrected chi connectivity index (χ0v) is 15.2. The highest BCUT2D eigenvalue weighted by Gasteiger charge is 2.21. The van der Waals surface area contributed by atoms with Gasteiger partial charge in [0.25, 0.3) is 5.91 Å². The SMILES string of the molecule is CCCc1cc(C(=O)NC(CC(=O)OC)c2cccs2)sc1C. The number of hydrogen-bond donors (Lipinski definition) is 1. The van der Waals surface area contributed by atoms with E-state index in [1.54, 1.807) is 0 Å². The van der Waals surface area contributed by atoms with Crippen molar-refractivity contribution in [3.05, 3.63) is 43.8 Å². The van der Waals surface area contributed by atoms with Gasteiger partial charge in [-0.25, -0.2) is 0 Å². The predicted molar refractivity (Wildman–Crippen MR) is 94.2 cm³/mol. The van der Waals surface area contributed by atoms with Crippen LogP contribution in [0, 0.1) is 6.92 Å². The monoisotopic (exact) mass is 351 g/mol. The summed E-state index contributed by atoms with van der Waals surface area (Å²) in [7, 11) is 1.36.